The van der Waals surface area contributed by atoms with Gasteiger partial charge >= 0.3 is 6.09 Å². The normalized spacial score (nSPS) is 17.8. The third-order valence-electron chi connectivity index (χ3n) is 6.63. The third kappa shape index (κ3) is 4.96. The van der Waals surface area contributed by atoms with Crippen LogP contribution in [0.2, 0.25) is 0 Å². The van der Waals surface area contributed by atoms with Gasteiger partial charge in [-0.15, -0.1) is 0 Å². The van der Waals surface area contributed by atoms with E-state index in [0.717, 1.165) is 47.9 Å². The summed E-state index contributed by atoms with van der Waals surface area (Å²) in [5.74, 6) is 0.860. The average molecular weight is 447 g/mol. The van der Waals surface area contributed by atoms with Crippen LogP contribution in [0.4, 0.5) is 4.79 Å². The summed E-state index contributed by atoms with van der Waals surface area (Å²) in [6.07, 6.45) is 4.92. The first kappa shape index (κ1) is 21.7. The van der Waals surface area contributed by atoms with Gasteiger partial charge in [0.25, 0.3) is 0 Å². The molecule has 2 aromatic carbocycles. The van der Waals surface area contributed by atoms with Gasteiger partial charge in [0.1, 0.15) is 18.0 Å². The van der Waals surface area contributed by atoms with Gasteiger partial charge < -0.3 is 19.1 Å². The van der Waals surface area contributed by atoms with Crippen LogP contribution in [0.5, 0.6) is 5.75 Å². The molecule has 3 aromatic rings. The van der Waals surface area contributed by atoms with Crippen LogP contribution in [-0.4, -0.2) is 54.5 Å². The lowest BCUT2D eigenvalue weighted by atomic mass is 9.98. The minimum absolute atomic E-state index is 0.0132. The second kappa shape index (κ2) is 9.79. The highest BCUT2D eigenvalue weighted by Crippen LogP contribution is 2.30. The highest BCUT2D eigenvalue weighted by atomic mass is 16.6. The van der Waals surface area contributed by atoms with Gasteiger partial charge in [0, 0.05) is 50.4 Å². The lowest BCUT2D eigenvalue weighted by molar-refractivity contribution is -0.0150. The Balaban J connectivity index is 1.16. The van der Waals surface area contributed by atoms with E-state index in [9.17, 15) is 4.79 Å². The number of nitrogens with zero attached hydrogens (tertiary/aromatic N) is 2. The van der Waals surface area contributed by atoms with E-state index in [1.54, 1.807) is 4.90 Å². The van der Waals surface area contributed by atoms with Crippen LogP contribution in [0.15, 0.2) is 54.7 Å². The van der Waals surface area contributed by atoms with Crippen molar-refractivity contribution in [3.05, 3.63) is 60.3 Å². The molecule has 6 heteroatoms. The van der Waals surface area contributed by atoms with Gasteiger partial charge in [-0.1, -0.05) is 30.3 Å². The fourth-order valence-corrected chi connectivity index (χ4v) is 4.68. The maximum Gasteiger partial charge on any atom is 0.410 e. The topological polar surface area (TPSA) is 60.9 Å². The summed E-state index contributed by atoms with van der Waals surface area (Å²) in [7, 11) is 0. The Morgan fingerprint density at radius 1 is 0.970 bits per heavy atom. The fourth-order valence-electron chi connectivity index (χ4n) is 4.68. The number of rotatable bonds is 4. The number of hydrogen-bond donors (Lipinski definition) is 0. The summed E-state index contributed by atoms with van der Waals surface area (Å²) in [5.41, 5.74) is 4.56. The monoisotopic (exact) mass is 446 g/mol. The van der Waals surface area contributed by atoms with Crippen molar-refractivity contribution < 1.29 is 19.0 Å². The summed E-state index contributed by atoms with van der Waals surface area (Å²) >= 11 is 0. The number of amides is 1. The number of likely N-dealkylation sites (tertiary alicyclic amines) is 1. The molecule has 0 atom stereocenters. The summed E-state index contributed by atoms with van der Waals surface area (Å²) in [6, 6.07) is 16.6. The van der Waals surface area contributed by atoms with E-state index in [2.05, 4.69) is 42.2 Å². The number of ether oxygens (including phenoxy) is 3. The van der Waals surface area contributed by atoms with E-state index in [1.807, 2.05) is 24.4 Å². The van der Waals surface area contributed by atoms with Gasteiger partial charge in [0.05, 0.1) is 18.7 Å². The number of aromatic nitrogens is 1. The molecule has 0 unspecified atom stereocenters. The van der Waals surface area contributed by atoms with Crippen LogP contribution in [0, 0.1) is 6.92 Å². The van der Waals surface area contributed by atoms with Crippen molar-refractivity contribution in [2.45, 2.75) is 44.8 Å². The molecule has 2 saturated heterocycles. The molecular formula is C27H30N2O4. The zero-order chi connectivity index (χ0) is 22.6. The molecule has 5 rings (SSSR count). The predicted octanol–water partition coefficient (Wildman–Crippen LogP) is 5.37. The van der Waals surface area contributed by atoms with Crippen molar-refractivity contribution >= 4 is 17.0 Å². The molecule has 2 aliphatic rings. The Kier molecular flexibility index (Phi) is 6.44. The van der Waals surface area contributed by atoms with Crippen molar-refractivity contribution in [3.8, 4) is 16.9 Å². The Morgan fingerprint density at radius 2 is 1.73 bits per heavy atom. The number of fused-ring (bicyclic) bond motifs is 1. The predicted molar refractivity (Wildman–Crippen MR) is 127 cm³/mol. The SMILES string of the molecule is Cc1c(-c2ccc(OC3CCN(C(=O)OC4CCOCC4)CC3)cc2)ccc2cccnc12. The van der Waals surface area contributed by atoms with Crippen LogP contribution in [0.1, 0.15) is 31.2 Å². The van der Waals surface area contributed by atoms with E-state index in [4.69, 9.17) is 14.2 Å². The van der Waals surface area contributed by atoms with Crippen molar-refractivity contribution in [1.82, 2.24) is 9.88 Å². The van der Waals surface area contributed by atoms with E-state index in [0.29, 0.717) is 26.3 Å². The largest absolute Gasteiger partial charge is 0.490 e. The number of aryl methyl sites for hydroxylation is 1. The van der Waals surface area contributed by atoms with Gasteiger partial charge in [-0.05, 0) is 41.8 Å². The van der Waals surface area contributed by atoms with E-state index >= 15 is 0 Å². The Hall–Kier alpha value is -3.12. The van der Waals surface area contributed by atoms with Gasteiger partial charge in [-0.2, -0.15) is 0 Å². The molecule has 0 saturated carbocycles. The van der Waals surface area contributed by atoms with Crippen LogP contribution >= 0.6 is 0 Å². The zero-order valence-corrected chi connectivity index (χ0v) is 19.0. The first-order valence-electron chi connectivity index (χ1n) is 11.8. The molecule has 6 nitrogen and oxygen atoms in total. The molecule has 0 aliphatic carbocycles. The number of carbonyl (C=O) groups excluding carboxylic acids is 1. The standard InChI is InChI=1S/C27H30N2O4/c1-19-25(9-6-21-3-2-14-28-26(19)21)20-4-7-22(8-5-20)32-23-10-15-29(16-11-23)27(30)33-24-12-17-31-18-13-24/h2-9,14,23-24H,10-13,15-18H2,1H3. The number of benzene rings is 2. The molecule has 0 N–H and O–H groups in total. The minimum Gasteiger partial charge on any atom is -0.490 e. The molecule has 172 valence electrons. The van der Waals surface area contributed by atoms with Crippen LogP contribution < -0.4 is 4.74 Å². The molecular weight excluding hydrogens is 416 g/mol. The number of pyridine rings is 1. The molecule has 1 amide bonds. The second-order valence-electron chi connectivity index (χ2n) is 8.84. The summed E-state index contributed by atoms with van der Waals surface area (Å²) in [4.78, 5) is 18.8. The van der Waals surface area contributed by atoms with Crippen molar-refractivity contribution in [3.63, 3.8) is 0 Å². The summed E-state index contributed by atoms with van der Waals surface area (Å²) < 4.78 is 17.2. The summed E-state index contributed by atoms with van der Waals surface area (Å²) in [5, 5.41) is 1.15. The molecule has 2 fully saturated rings. The van der Waals surface area contributed by atoms with Gasteiger partial charge in [0.2, 0.25) is 0 Å². The first-order chi connectivity index (χ1) is 16.2. The van der Waals surface area contributed by atoms with Gasteiger partial charge in [-0.3, -0.25) is 4.98 Å². The Morgan fingerprint density at radius 3 is 2.48 bits per heavy atom. The van der Waals surface area contributed by atoms with Crippen molar-refractivity contribution in [2.24, 2.45) is 0 Å². The minimum atomic E-state index is -0.204. The van der Waals surface area contributed by atoms with Crippen LogP contribution in [0.3, 0.4) is 0 Å². The molecule has 0 bridgehead atoms. The summed E-state index contributed by atoms with van der Waals surface area (Å²) in [6.45, 7) is 4.78. The molecule has 33 heavy (non-hydrogen) atoms. The Labute approximate surface area is 194 Å². The third-order valence-corrected chi connectivity index (χ3v) is 6.63. The van der Waals surface area contributed by atoms with Crippen molar-refractivity contribution in [2.75, 3.05) is 26.3 Å². The van der Waals surface area contributed by atoms with E-state index in [1.165, 1.54) is 11.1 Å². The van der Waals surface area contributed by atoms with Crippen molar-refractivity contribution in [1.29, 1.82) is 0 Å². The number of hydrogen-bond acceptors (Lipinski definition) is 5. The lowest BCUT2D eigenvalue weighted by Gasteiger charge is -2.33. The number of piperidine rings is 1. The second-order valence-corrected chi connectivity index (χ2v) is 8.84. The van der Waals surface area contributed by atoms with E-state index in [-0.39, 0.29) is 18.3 Å². The molecule has 0 spiro atoms. The lowest BCUT2D eigenvalue weighted by Crippen LogP contribution is -2.43. The Bertz CT molecular complexity index is 1100. The maximum atomic E-state index is 12.4. The van der Waals surface area contributed by atoms with Crippen LogP contribution in [-0.2, 0) is 9.47 Å². The smallest absolute Gasteiger partial charge is 0.410 e. The number of carbonyl (C=O) groups is 1. The molecule has 0 radical (unpaired) electrons. The molecule has 2 aliphatic heterocycles. The quantitative estimate of drug-likeness (QED) is 0.539. The molecule has 1 aromatic heterocycles. The van der Waals surface area contributed by atoms with Gasteiger partial charge in [0.15, 0.2) is 0 Å². The first-order valence-corrected chi connectivity index (χ1v) is 11.8. The highest BCUT2D eigenvalue weighted by Gasteiger charge is 2.27. The molecule has 3 heterocycles. The van der Waals surface area contributed by atoms with Crippen LogP contribution in [0.25, 0.3) is 22.0 Å². The average Bonchev–Trinajstić information content (AvgIpc) is 2.86. The van der Waals surface area contributed by atoms with Gasteiger partial charge in [-0.25, -0.2) is 4.79 Å². The van der Waals surface area contributed by atoms with E-state index < -0.39 is 0 Å². The maximum absolute atomic E-state index is 12.4. The zero-order valence-electron chi connectivity index (χ0n) is 19.0. The highest BCUT2D eigenvalue weighted by molar-refractivity contribution is 5.88. The fraction of sp³-hybridized carbons (Fsp3) is 0.407.